The molecule has 1 aromatic carbocycles. The Kier molecular flexibility index (Phi) is 3.72. The van der Waals surface area contributed by atoms with Crippen LogP contribution in [0.4, 0.5) is 0 Å². The highest BCUT2D eigenvalue weighted by Crippen LogP contribution is 2.16. The van der Waals surface area contributed by atoms with Crippen molar-refractivity contribution in [3.63, 3.8) is 0 Å². The Balaban J connectivity index is 2.69. The van der Waals surface area contributed by atoms with Crippen LogP contribution < -0.4 is 4.74 Å². The molecule has 0 bridgehead atoms. The third-order valence-corrected chi connectivity index (χ3v) is 4.71. The molecule has 1 rings (SSSR count). The van der Waals surface area contributed by atoms with Gasteiger partial charge in [-0.1, -0.05) is 12.1 Å². The highest BCUT2D eigenvalue weighted by Gasteiger charge is 2.20. The maximum absolute atomic E-state index is 5.51. The Morgan fingerprint density at radius 3 is 2.07 bits per heavy atom. The Bertz CT molecular complexity index is 280. The number of benzene rings is 1. The van der Waals surface area contributed by atoms with E-state index in [9.17, 15) is 0 Å². The second-order valence-electron chi connectivity index (χ2n) is 3.99. The van der Waals surface area contributed by atoms with Gasteiger partial charge in [0.15, 0.2) is 8.32 Å². The van der Waals surface area contributed by atoms with Gasteiger partial charge in [0.05, 0.1) is 7.11 Å². The van der Waals surface area contributed by atoms with Crippen LogP contribution in [0.5, 0.6) is 5.75 Å². The van der Waals surface area contributed by atoms with Crippen molar-refractivity contribution >= 4 is 8.32 Å². The van der Waals surface area contributed by atoms with Crippen molar-refractivity contribution in [1.29, 1.82) is 0 Å². The van der Waals surface area contributed by atoms with Gasteiger partial charge in [0.25, 0.3) is 0 Å². The maximum Gasteiger partial charge on any atom is 0.190 e. The summed E-state index contributed by atoms with van der Waals surface area (Å²) in [4.78, 5) is 0. The van der Waals surface area contributed by atoms with Gasteiger partial charge in [-0.05, 0) is 36.8 Å². The molecular formula is C11H18O2Si. The number of rotatable bonds is 4. The molecule has 3 heteroatoms. The van der Waals surface area contributed by atoms with Gasteiger partial charge in [0.1, 0.15) is 5.75 Å². The SMILES string of the molecule is COc1ccc(C[Si](C)(C)OC)cc1. The molecule has 1 aromatic rings. The first-order valence-electron chi connectivity index (χ1n) is 4.75. The quantitative estimate of drug-likeness (QED) is 0.711. The van der Waals surface area contributed by atoms with Gasteiger partial charge < -0.3 is 9.16 Å². The minimum atomic E-state index is -1.49. The molecular weight excluding hydrogens is 192 g/mol. The first-order valence-corrected chi connectivity index (χ1v) is 7.87. The highest BCUT2D eigenvalue weighted by atomic mass is 28.4. The standard InChI is InChI=1S/C11H18O2Si/c1-12-11-7-5-10(6-8-11)9-14(3,4)13-2/h5-8H,9H2,1-4H3. The third kappa shape index (κ3) is 3.16. The predicted octanol–water partition coefficient (Wildman–Crippen LogP) is 2.63. The molecule has 0 saturated carbocycles. The normalized spacial score (nSPS) is 11.4. The lowest BCUT2D eigenvalue weighted by molar-refractivity contribution is 0.403. The Labute approximate surface area is 87.0 Å². The minimum absolute atomic E-state index is 0.908. The predicted molar refractivity (Wildman–Crippen MR) is 61.2 cm³/mol. The van der Waals surface area contributed by atoms with Gasteiger partial charge in [0, 0.05) is 7.11 Å². The van der Waals surface area contributed by atoms with Crippen molar-refractivity contribution in [3.8, 4) is 5.75 Å². The van der Waals surface area contributed by atoms with Crippen LogP contribution >= 0.6 is 0 Å². The molecule has 14 heavy (non-hydrogen) atoms. The lowest BCUT2D eigenvalue weighted by Crippen LogP contribution is -2.32. The van der Waals surface area contributed by atoms with Gasteiger partial charge in [-0.2, -0.15) is 0 Å². The van der Waals surface area contributed by atoms with Crippen LogP contribution in [0.15, 0.2) is 24.3 Å². The summed E-state index contributed by atoms with van der Waals surface area (Å²) in [5.74, 6) is 0.908. The van der Waals surface area contributed by atoms with Crippen molar-refractivity contribution in [2.75, 3.05) is 14.2 Å². The van der Waals surface area contributed by atoms with Crippen LogP contribution in [0.1, 0.15) is 5.56 Å². The van der Waals surface area contributed by atoms with Crippen LogP contribution in [0.3, 0.4) is 0 Å². The van der Waals surface area contributed by atoms with Gasteiger partial charge in [-0.3, -0.25) is 0 Å². The van der Waals surface area contributed by atoms with E-state index in [1.807, 2.05) is 12.1 Å². The largest absolute Gasteiger partial charge is 0.497 e. The van der Waals surface area contributed by atoms with Crippen LogP contribution in [0.2, 0.25) is 13.1 Å². The monoisotopic (exact) mass is 210 g/mol. The molecule has 0 aliphatic heterocycles. The molecule has 0 saturated heterocycles. The van der Waals surface area contributed by atoms with Crippen molar-refractivity contribution in [2.24, 2.45) is 0 Å². The Morgan fingerprint density at radius 2 is 1.64 bits per heavy atom. The van der Waals surface area contributed by atoms with Crippen molar-refractivity contribution in [1.82, 2.24) is 0 Å². The fraction of sp³-hybridized carbons (Fsp3) is 0.455. The van der Waals surface area contributed by atoms with E-state index >= 15 is 0 Å². The van der Waals surface area contributed by atoms with E-state index in [2.05, 4.69) is 25.2 Å². The van der Waals surface area contributed by atoms with Crippen LogP contribution in [-0.2, 0) is 10.5 Å². The second kappa shape index (κ2) is 4.62. The van der Waals surface area contributed by atoms with Gasteiger partial charge in [0.2, 0.25) is 0 Å². The summed E-state index contributed by atoms with van der Waals surface area (Å²) >= 11 is 0. The van der Waals surface area contributed by atoms with E-state index in [4.69, 9.17) is 9.16 Å². The zero-order valence-electron chi connectivity index (χ0n) is 9.33. The molecule has 0 aromatic heterocycles. The van der Waals surface area contributed by atoms with Crippen LogP contribution in [0.25, 0.3) is 0 Å². The molecule has 0 N–H and O–H groups in total. The molecule has 78 valence electrons. The zero-order chi connectivity index (χ0) is 10.6. The topological polar surface area (TPSA) is 18.5 Å². The van der Waals surface area contributed by atoms with Gasteiger partial charge in [-0.15, -0.1) is 0 Å². The first kappa shape index (κ1) is 11.3. The lowest BCUT2D eigenvalue weighted by Gasteiger charge is -2.19. The second-order valence-corrected chi connectivity index (χ2v) is 8.27. The van der Waals surface area contributed by atoms with E-state index in [0.717, 1.165) is 11.8 Å². The summed E-state index contributed by atoms with van der Waals surface area (Å²) in [6.45, 7) is 4.44. The summed E-state index contributed by atoms with van der Waals surface area (Å²) in [7, 11) is 2.00. The summed E-state index contributed by atoms with van der Waals surface area (Å²) in [5, 5.41) is 0. The fourth-order valence-electron chi connectivity index (χ4n) is 1.31. The van der Waals surface area contributed by atoms with Crippen molar-refractivity contribution in [3.05, 3.63) is 29.8 Å². The van der Waals surface area contributed by atoms with Crippen LogP contribution in [0, 0.1) is 0 Å². The summed E-state index contributed by atoms with van der Waals surface area (Å²) in [6.07, 6.45) is 0. The number of ether oxygens (including phenoxy) is 1. The summed E-state index contributed by atoms with van der Waals surface area (Å²) < 4.78 is 10.6. The Hall–Kier alpha value is -0.803. The van der Waals surface area contributed by atoms with Crippen molar-refractivity contribution in [2.45, 2.75) is 19.1 Å². The van der Waals surface area contributed by atoms with E-state index in [1.165, 1.54) is 5.56 Å². The smallest absolute Gasteiger partial charge is 0.190 e. The molecule has 0 aliphatic carbocycles. The maximum atomic E-state index is 5.51. The van der Waals surface area contributed by atoms with E-state index in [-0.39, 0.29) is 0 Å². The van der Waals surface area contributed by atoms with Gasteiger partial charge in [-0.25, -0.2) is 0 Å². The average Bonchev–Trinajstić information content (AvgIpc) is 2.19. The average molecular weight is 210 g/mol. The first-order chi connectivity index (χ1) is 6.57. The van der Waals surface area contributed by atoms with E-state index in [0.29, 0.717) is 0 Å². The molecule has 2 nitrogen and oxygen atoms in total. The highest BCUT2D eigenvalue weighted by molar-refractivity contribution is 6.70. The number of hydrogen-bond donors (Lipinski definition) is 0. The lowest BCUT2D eigenvalue weighted by atomic mass is 10.2. The molecule has 0 atom stereocenters. The minimum Gasteiger partial charge on any atom is -0.497 e. The van der Waals surface area contributed by atoms with E-state index < -0.39 is 8.32 Å². The summed E-state index contributed by atoms with van der Waals surface area (Å²) in [5.41, 5.74) is 1.32. The van der Waals surface area contributed by atoms with Gasteiger partial charge >= 0.3 is 0 Å². The molecule has 0 amide bonds. The Morgan fingerprint density at radius 1 is 1.07 bits per heavy atom. The molecule has 0 heterocycles. The molecule has 0 spiro atoms. The molecule has 0 unspecified atom stereocenters. The molecule has 0 aliphatic rings. The number of hydrogen-bond acceptors (Lipinski definition) is 2. The number of methoxy groups -OCH3 is 1. The van der Waals surface area contributed by atoms with Crippen LogP contribution in [-0.4, -0.2) is 22.5 Å². The summed E-state index contributed by atoms with van der Waals surface area (Å²) in [6, 6.07) is 9.25. The molecule has 0 radical (unpaired) electrons. The fourth-order valence-corrected chi connectivity index (χ4v) is 2.67. The zero-order valence-corrected chi connectivity index (χ0v) is 10.3. The molecule has 0 fully saturated rings. The van der Waals surface area contributed by atoms with Crippen molar-refractivity contribution < 1.29 is 9.16 Å². The third-order valence-electron chi connectivity index (χ3n) is 2.34. The van der Waals surface area contributed by atoms with E-state index in [1.54, 1.807) is 14.2 Å².